The molecule has 0 amide bonds. The summed E-state index contributed by atoms with van der Waals surface area (Å²) in [6, 6.07) is 12.9. The molecule has 0 aliphatic carbocycles. The molecule has 0 aliphatic heterocycles. The van der Waals surface area contributed by atoms with E-state index in [1.54, 1.807) is 19.1 Å². The van der Waals surface area contributed by atoms with Gasteiger partial charge >= 0.3 is 5.97 Å². The maximum absolute atomic E-state index is 11.4. The standard InChI is InChI=1S/C15H14N2O2/c1-10(15(18)19-2)17-14-8-7-11(9-16)12-5-3-4-6-13(12)14/h3-8,10,17H,1-2H3. The van der Waals surface area contributed by atoms with E-state index in [9.17, 15) is 4.79 Å². The first-order chi connectivity index (χ1) is 9.17. The van der Waals surface area contributed by atoms with Crippen molar-refractivity contribution < 1.29 is 9.53 Å². The van der Waals surface area contributed by atoms with Gasteiger partial charge in [-0.25, -0.2) is 4.79 Å². The predicted molar refractivity (Wildman–Crippen MR) is 73.8 cm³/mol. The molecule has 0 fully saturated rings. The third kappa shape index (κ3) is 2.50. The van der Waals surface area contributed by atoms with Crippen LogP contribution in [0.4, 0.5) is 5.69 Å². The van der Waals surface area contributed by atoms with Crippen LogP contribution in [0.25, 0.3) is 10.8 Å². The molecule has 0 aromatic heterocycles. The molecule has 1 N–H and O–H groups in total. The molecular formula is C15H14N2O2. The number of nitriles is 1. The smallest absolute Gasteiger partial charge is 0.327 e. The molecule has 0 spiro atoms. The molecule has 0 saturated heterocycles. The second kappa shape index (κ2) is 5.40. The van der Waals surface area contributed by atoms with Crippen molar-refractivity contribution >= 4 is 22.4 Å². The molecule has 2 aromatic rings. The average molecular weight is 254 g/mol. The fourth-order valence-electron chi connectivity index (χ4n) is 1.99. The molecule has 4 nitrogen and oxygen atoms in total. The third-order valence-electron chi connectivity index (χ3n) is 2.97. The Hall–Kier alpha value is -2.54. The minimum atomic E-state index is -0.443. The number of carbonyl (C=O) groups is 1. The Morgan fingerprint density at radius 2 is 1.95 bits per heavy atom. The van der Waals surface area contributed by atoms with Crippen LogP contribution in [0.15, 0.2) is 36.4 Å². The van der Waals surface area contributed by atoms with E-state index in [2.05, 4.69) is 16.1 Å². The van der Waals surface area contributed by atoms with Crippen molar-refractivity contribution in [3.8, 4) is 6.07 Å². The highest BCUT2D eigenvalue weighted by Gasteiger charge is 2.14. The summed E-state index contributed by atoms with van der Waals surface area (Å²) >= 11 is 0. The van der Waals surface area contributed by atoms with Gasteiger partial charge in [-0.2, -0.15) is 5.26 Å². The van der Waals surface area contributed by atoms with Crippen LogP contribution in [0.5, 0.6) is 0 Å². The quantitative estimate of drug-likeness (QED) is 0.855. The van der Waals surface area contributed by atoms with Crippen molar-refractivity contribution in [2.24, 2.45) is 0 Å². The van der Waals surface area contributed by atoms with Gasteiger partial charge in [0, 0.05) is 16.5 Å². The number of rotatable bonds is 3. The molecule has 0 bridgehead atoms. The highest BCUT2D eigenvalue weighted by atomic mass is 16.5. The maximum atomic E-state index is 11.4. The number of esters is 1. The first-order valence-corrected chi connectivity index (χ1v) is 5.93. The highest BCUT2D eigenvalue weighted by molar-refractivity contribution is 5.98. The molecule has 0 saturated carbocycles. The summed E-state index contributed by atoms with van der Waals surface area (Å²) in [5.74, 6) is -0.326. The van der Waals surface area contributed by atoms with Gasteiger partial charge in [-0.05, 0) is 19.1 Å². The second-order valence-electron chi connectivity index (χ2n) is 4.21. The zero-order chi connectivity index (χ0) is 13.8. The Labute approximate surface area is 111 Å². The van der Waals surface area contributed by atoms with E-state index in [0.717, 1.165) is 16.5 Å². The van der Waals surface area contributed by atoms with Gasteiger partial charge in [-0.3, -0.25) is 0 Å². The van der Waals surface area contributed by atoms with Crippen LogP contribution >= 0.6 is 0 Å². The normalized spacial score (nSPS) is 11.6. The summed E-state index contributed by atoms with van der Waals surface area (Å²) in [5.41, 5.74) is 1.43. The van der Waals surface area contributed by atoms with Gasteiger partial charge in [-0.15, -0.1) is 0 Å². The minimum Gasteiger partial charge on any atom is -0.467 e. The lowest BCUT2D eigenvalue weighted by Crippen LogP contribution is -2.27. The maximum Gasteiger partial charge on any atom is 0.327 e. The van der Waals surface area contributed by atoms with Crippen LogP contribution in [0, 0.1) is 11.3 Å². The molecule has 0 heterocycles. The van der Waals surface area contributed by atoms with Crippen LogP contribution in [0.2, 0.25) is 0 Å². The molecule has 0 aliphatic rings. The van der Waals surface area contributed by atoms with E-state index in [4.69, 9.17) is 5.26 Å². The number of hydrogen-bond donors (Lipinski definition) is 1. The zero-order valence-electron chi connectivity index (χ0n) is 10.8. The number of carbonyl (C=O) groups excluding carboxylic acids is 1. The number of anilines is 1. The number of methoxy groups -OCH3 is 1. The Bertz CT molecular complexity index is 659. The highest BCUT2D eigenvalue weighted by Crippen LogP contribution is 2.26. The van der Waals surface area contributed by atoms with E-state index < -0.39 is 6.04 Å². The number of nitrogens with one attached hydrogen (secondary N) is 1. The lowest BCUT2D eigenvalue weighted by atomic mass is 10.0. The van der Waals surface area contributed by atoms with E-state index in [1.807, 2.05) is 24.3 Å². The van der Waals surface area contributed by atoms with Crippen molar-refractivity contribution in [3.63, 3.8) is 0 Å². The molecule has 2 rings (SSSR count). The minimum absolute atomic E-state index is 0.326. The van der Waals surface area contributed by atoms with Gasteiger partial charge in [0.05, 0.1) is 18.7 Å². The van der Waals surface area contributed by atoms with Gasteiger partial charge in [0.1, 0.15) is 6.04 Å². The van der Waals surface area contributed by atoms with E-state index in [0.29, 0.717) is 5.56 Å². The van der Waals surface area contributed by atoms with Crippen LogP contribution < -0.4 is 5.32 Å². The van der Waals surface area contributed by atoms with E-state index >= 15 is 0 Å². The first-order valence-electron chi connectivity index (χ1n) is 5.93. The van der Waals surface area contributed by atoms with Crippen LogP contribution in [-0.2, 0) is 9.53 Å². The Balaban J connectivity index is 2.46. The van der Waals surface area contributed by atoms with Crippen LogP contribution in [-0.4, -0.2) is 19.1 Å². The second-order valence-corrected chi connectivity index (χ2v) is 4.21. The fraction of sp³-hybridized carbons (Fsp3) is 0.200. The van der Waals surface area contributed by atoms with Gasteiger partial charge in [0.2, 0.25) is 0 Å². The Kier molecular flexibility index (Phi) is 3.67. The van der Waals surface area contributed by atoms with Gasteiger partial charge in [0.25, 0.3) is 0 Å². The summed E-state index contributed by atoms with van der Waals surface area (Å²) in [6.07, 6.45) is 0. The van der Waals surface area contributed by atoms with Gasteiger partial charge in [0.15, 0.2) is 0 Å². The number of hydrogen-bond acceptors (Lipinski definition) is 4. The van der Waals surface area contributed by atoms with E-state index in [-0.39, 0.29) is 5.97 Å². The lowest BCUT2D eigenvalue weighted by Gasteiger charge is -2.15. The molecule has 2 aromatic carbocycles. The first kappa shape index (κ1) is 12.9. The number of ether oxygens (including phenoxy) is 1. The number of fused-ring (bicyclic) bond motifs is 1. The lowest BCUT2D eigenvalue weighted by molar-refractivity contribution is -0.141. The predicted octanol–water partition coefficient (Wildman–Crippen LogP) is 2.68. The topological polar surface area (TPSA) is 62.1 Å². The Morgan fingerprint density at radius 1 is 1.26 bits per heavy atom. The number of nitrogens with zero attached hydrogens (tertiary/aromatic N) is 1. The molecular weight excluding hydrogens is 240 g/mol. The summed E-state index contributed by atoms with van der Waals surface area (Å²) in [7, 11) is 1.36. The largest absolute Gasteiger partial charge is 0.467 e. The van der Waals surface area contributed by atoms with Crippen LogP contribution in [0.1, 0.15) is 12.5 Å². The average Bonchev–Trinajstić information content (AvgIpc) is 2.46. The van der Waals surface area contributed by atoms with Crippen molar-refractivity contribution in [2.75, 3.05) is 12.4 Å². The molecule has 1 atom stereocenters. The van der Waals surface area contributed by atoms with Crippen molar-refractivity contribution in [1.82, 2.24) is 0 Å². The fourth-order valence-corrected chi connectivity index (χ4v) is 1.99. The molecule has 0 radical (unpaired) electrons. The summed E-state index contributed by atoms with van der Waals surface area (Å²) < 4.78 is 4.69. The van der Waals surface area contributed by atoms with Crippen LogP contribution in [0.3, 0.4) is 0 Å². The zero-order valence-corrected chi connectivity index (χ0v) is 10.8. The Morgan fingerprint density at radius 3 is 2.58 bits per heavy atom. The van der Waals surface area contributed by atoms with Gasteiger partial charge in [-0.1, -0.05) is 24.3 Å². The molecule has 4 heteroatoms. The van der Waals surface area contributed by atoms with E-state index in [1.165, 1.54) is 7.11 Å². The summed E-state index contributed by atoms with van der Waals surface area (Å²) in [5, 5.41) is 14.0. The molecule has 1 unspecified atom stereocenters. The SMILES string of the molecule is COC(=O)C(C)Nc1ccc(C#N)c2ccccc12. The van der Waals surface area contributed by atoms with Gasteiger partial charge < -0.3 is 10.1 Å². The monoisotopic (exact) mass is 254 g/mol. The molecule has 19 heavy (non-hydrogen) atoms. The summed E-state index contributed by atoms with van der Waals surface area (Å²) in [4.78, 5) is 11.4. The summed E-state index contributed by atoms with van der Waals surface area (Å²) in [6.45, 7) is 1.73. The molecule has 96 valence electrons. The van der Waals surface area contributed by atoms with Crippen molar-refractivity contribution in [1.29, 1.82) is 5.26 Å². The van der Waals surface area contributed by atoms with Crippen molar-refractivity contribution in [2.45, 2.75) is 13.0 Å². The third-order valence-corrected chi connectivity index (χ3v) is 2.97. The van der Waals surface area contributed by atoms with Crippen molar-refractivity contribution in [3.05, 3.63) is 42.0 Å². The number of benzene rings is 2.